The molecule has 0 aliphatic heterocycles. The van der Waals surface area contributed by atoms with Gasteiger partial charge in [0.15, 0.2) is 11.0 Å². The summed E-state index contributed by atoms with van der Waals surface area (Å²) in [6.07, 6.45) is 1.19. The Morgan fingerprint density at radius 1 is 1.59 bits per heavy atom. The Hall–Kier alpha value is -2.10. The second-order valence-electron chi connectivity index (χ2n) is 2.96. The number of hydrogen-bond donors (Lipinski definition) is 2. The minimum atomic E-state index is -0.942. The first-order chi connectivity index (χ1) is 8.16. The highest BCUT2D eigenvalue weighted by atomic mass is 32.2. The predicted octanol–water partition coefficient (Wildman–Crippen LogP) is -0.532. The Balaban J connectivity index is 2.14. The third-order valence-electron chi connectivity index (χ3n) is 1.78. The van der Waals surface area contributed by atoms with E-state index in [1.807, 2.05) is 0 Å². The van der Waals surface area contributed by atoms with Crippen LogP contribution in [0.1, 0.15) is 5.82 Å². The lowest BCUT2D eigenvalue weighted by Crippen LogP contribution is -2.08. The molecular weight excluding hydrogens is 248 g/mol. The quantitative estimate of drug-likeness (QED) is 0.677. The van der Waals surface area contributed by atoms with Crippen molar-refractivity contribution in [2.24, 2.45) is 0 Å². The van der Waals surface area contributed by atoms with Gasteiger partial charge in [0.2, 0.25) is 12.3 Å². The third kappa shape index (κ3) is 2.72. The molecule has 0 spiro atoms. The summed E-state index contributed by atoms with van der Waals surface area (Å²) in [4.78, 5) is 14.3. The van der Waals surface area contributed by atoms with Crippen LogP contribution in [-0.4, -0.2) is 41.7 Å². The van der Waals surface area contributed by atoms with Gasteiger partial charge in [0.1, 0.15) is 0 Å². The topological polar surface area (TPSA) is 133 Å². The Bertz CT molecular complexity index is 510. The lowest BCUT2D eigenvalue weighted by Gasteiger charge is -2.03. The van der Waals surface area contributed by atoms with Crippen molar-refractivity contribution < 1.29 is 14.4 Å². The predicted molar refractivity (Wildman–Crippen MR) is 56.2 cm³/mol. The highest BCUT2D eigenvalue weighted by molar-refractivity contribution is 7.99. The molecule has 0 bridgehead atoms. The van der Waals surface area contributed by atoms with E-state index in [1.165, 1.54) is 11.0 Å². The maximum atomic E-state index is 10.5. The molecule has 0 aliphatic carbocycles. The molecule has 2 aromatic heterocycles. The van der Waals surface area contributed by atoms with Crippen molar-refractivity contribution in [1.29, 1.82) is 0 Å². The van der Waals surface area contributed by atoms with E-state index in [0.29, 0.717) is 11.0 Å². The molecule has 0 radical (unpaired) electrons. The fraction of sp³-hybridized carbons (Fsp3) is 0.286. The number of carboxylic acid groups (broad SMARTS) is 1. The van der Waals surface area contributed by atoms with Gasteiger partial charge in [-0.05, 0) is 0 Å². The van der Waals surface area contributed by atoms with Crippen LogP contribution in [0.3, 0.4) is 0 Å². The first kappa shape index (κ1) is 11.4. The van der Waals surface area contributed by atoms with Crippen LogP contribution in [0, 0.1) is 0 Å². The monoisotopic (exact) mass is 256 g/mol. The first-order valence-corrected chi connectivity index (χ1v) is 5.44. The van der Waals surface area contributed by atoms with E-state index in [1.54, 1.807) is 0 Å². The van der Waals surface area contributed by atoms with Gasteiger partial charge < -0.3 is 15.4 Å². The molecule has 0 amide bonds. The van der Waals surface area contributed by atoms with Crippen LogP contribution in [0.25, 0.3) is 0 Å². The van der Waals surface area contributed by atoms with Gasteiger partial charge in [-0.1, -0.05) is 16.9 Å². The molecule has 2 rings (SSSR count). The summed E-state index contributed by atoms with van der Waals surface area (Å²) < 4.78 is 6.10. The number of aliphatic carboxylic acids is 1. The Kier molecular flexibility index (Phi) is 3.23. The summed E-state index contributed by atoms with van der Waals surface area (Å²) in [5.41, 5.74) is 5.61. The summed E-state index contributed by atoms with van der Waals surface area (Å²) in [5.74, 6) is -0.483. The minimum absolute atomic E-state index is 0.121. The van der Waals surface area contributed by atoms with Crippen molar-refractivity contribution in [3.8, 4) is 0 Å². The van der Waals surface area contributed by atoms with Crippen LogP contribution in [0.5, 0.6) is 0 Å². The van der Waals surface area contributed by atoms with Crippen LogP contribution in [-0.2, 0) is 11.3 Å². The van der Waals surface area contributed by atoms with Gasteiger partial charge in [-0.25, -0.2) is 0 Å². The largest absolute Gasteiger partial charge is 0.481 e. The zero-order valence-corrected chi connectivity index (χ0v) is 9.29. The summed E-state index contributed by atoms with van der Waals surface area (Å²) in [7, 11) is 0. The zero-order chi connectivity index (χ0) is 12.3. The second kappa shape index (κ2) is 4.82. The van der Waals surface area contributed by atoms with Gasteiger partial charge in [0, 0.05) is 0 Å². The molecule has 17 heavy (non-hydrogen) atoms. The highest BCUT2D eigenvalue weighted by Crippen LogP contribution is 2.18. The van der Waals surface area contributed by atoms with E-state index in [4.69, 9.17) is 10.8 Å². The molecule has 10 heteroatoms. The molecule has 2 aromatic rings. The van der Waals surface area contributed by atoms with Crippen molar-refractivity contribution in [2.45, 2.75) is 11.7 Å². The van der Waals surface area contributed by atoms with Crippen LogP contribution < -0.4 is 5.73 Å². The fourth-order valence-electron chi connectivity index (χ4n) is 1.09. The summed E-state index contributed by atoms with van der Waals surface area (Å²) in [6, 6.07) is 0. The molecule has 0 saturated heterocycles. The number of anilines is 1. The van der Waals surface area contributed by atoms with Crippen LogP contribution >= 0.6 is 11.8 Å². The van der Waals surface area contributed by atoms with Gasteiger partial charge >= 0.3 is 5.97 Å². The lowest BCUT2D eigenvalue weighted by molar-refractivity contribution is -0.133. The Morgan fingerprint density at radius 2 is 2.41 bits per heavy atom. The highest BCUT2D eigenvalue weighted by Gasteiger charge is 2.13. The molecule has 0 fully saturated rings. The number of rotatable bonds is 5. The fourth-order valence-corrected chi connectivity index (χ4v) is 1.75. The number of thioether (sulfide) groups is 1. The van der Waals surface area contributed by atoms with Crippen LogP contribution in [0.2, 0.25) is 0 Å². The van der Waals surface area contributed by atoms with E-state index < -0.39 is 5.97 Å². The van der Waals surface area contributed by atoms with E-state index in [9.17, 15) is 4.79 Å². The minimum Gasteiger partial charge on any atom is -0.481 e. The number of nitrogen functional groups attached to an aromatic ring is 1. The third-order valence-corrected chi connectivity index (χ3v) is 2.73. The van der Waals surface area contributed by atoms with Gasteiger partial charge in [-0.3, -0.25) is 9.36 Å². The van der Waals surface area contributed by atoms with Gasteiger partial charge in [0.05, 0.1) is 12.3 Å². The van der Waals surface area contributed by atoms with E-state index >= 15 is 0 Å². The summed E-state index contributed by atoms with van der Waals surface area (Å²) >= 11 is 1.02. The van der Waals surface area contributed by atoms with Crippen molar-refractivity contribution in [3.63, 3.8) is 0 Å². The second-order valence-corrected chi connectivity index (χ2v) is 3.90. The molecule has 90 valence electrons. The summed E-state index contributed by atoms with van der Waals surface area (Å²) in [6.45, 7) is 0.233. The van der Waals surface area contributed by atoms with Crippen molar-refractivity contribution in [2.75, 3.05) is 11.5 Å². The lowest BCUT2D eigenvalue weighted by atomic mass is 10.6. The van der Waals surface area contributed by atoms with E-state index in [0.717, 1.165) is 11.8 Å². The van der Waals surface area contributed by atoms with E-state index in [-0.39, 0.29) is 18.2 Å². The SMILES string of the molecule is Nc1nnc(SCC(=O)O)n1Cc1ncon1. The standard InChI is InChI=1S/C7H8N6O3S/c8-6-10-11-7(17-2-5(14)15)13(6)1-4-9-3-16-12-4/h3H,1-2H2,(H2,8,10)(H,14,15). The molecule has 0 atom stereocenters. The van der Waals surface area contributed by atoms with Crippen molar-refractivity contribution >= 4 is 23.7 Å². The number of carboxylic acids is 1. The smallest absolute Gasteiger partial charge is 0.313 e. The molecule has 0 saturated carbocycles. The number of aromatic nitrogens is 5. The molecule has 9 nitrogen and oxygen atoms in total. The molecular formula is C7H8N6O3S. The molecule has 0 unspecified atom stereocenters. The van der Waals surface area contributed by atoms with E-state index in [2.05, 4.69) is 24.9 Å². The zero-order valence-electron chi connectivity index (χ0n) is 8.48. The van der Waals surface area contributed by atoms with Crippen LogP contribution in [0.4, 0.5) is 5.95 Å². The molecule has 0 aromatic carbocycles. The Labute approximate surface area is 99.0 Å². The first-order valence-electron chi connectivity index (χ1n) is 4.45. The normalized spacial score (nSPS) is 10.6. The average Bonchev–Trinajstić information content (AvgIpc) is 2.89. The summed E-state index contributed by atoms with van der Waals surface area (Å²) in [5, 5.41) is 20.0. The van der Waals surface area contributed by atoms with Crippen LogP contribution in [0.15, 0.2) is 16.1 Å². The van der Waals surface area contributed by atoms with Gasteiger partial charge in [0.25, 0.3) is 0 Å². The molecule has 3 N–H and O–H groups in total. The van der Waals surface area contributed by atoms with Crippen molar-refractivity contribution in [1.82, 2.24) is 24.9 Å². The van der Waals surface area contributed by atoms with Gasteiger partial charge in [-0.2, -0.15) is 4.98 Å². The Morgan fingerprint density at radius 3 is 3.06 bits per heavy atom. The average molecular weight is 256 g/mol. The maximum absolute atomic E-state index is 10.5. The molecule has 0 aliphatic rings. The molecule has 2 heterocycles. The number of hydrogen-bond acceptors (Lipinski definition) is 8. The van der Waals surface area contributed by atoms with Gasteiger partial charge in [-0.15, -0.1) is 10.2 Å². The number of nitrogens with zero attached hydrogens (tertiary/aromatic N) is 5. The maximum Gasteiger partial charge on any atom is 0.313 e. The number of nitrogens with two attached hydrogens (primary N) is 1. The number of carbonyl (C=O) groups is 1. The van der Waals surface area contributed by atoms with Crippen molar-refractivity contribution in [3.05, 3.63) is 12.2 Å².